The molecule has 0 aliphatic rings. The van der Waals surface area contributed by atoms with Crippen molar-refractivity contribution in [1.82, 2.24) is 10.2 Å². The molecule has 0 bridgehead atoms. The molecule has 0 saturated heterocycles. The molecule has 2 aromatic rings. The van der Waals surface area contributed by atoms with Crippen molar-refractivity contribution < 1.29 is 0 Å². The van der Waals surface area contributed by atoms with Gasteiger partial charge in [0, 0.05) is 10.4 Å². The van der Waals surface area contributed by atoms with Gasteiger partial charge in [-0.2, -0.15) is 5.10 Å². The maximum atomic E-state index is 6.37. The third kappa shape index (κ3) is 1.63. The van der Waals surface area contributed by atoms with Gasteiger partial charge in [0.25, 0.3) is 0 Å². The lowest BCUT2D eigenvalue weighted by Gasteiger charge is -2.22. The number of hydrogen-bond acceptors (Lipinski definition) is 1. The number of halogens is 1. The summed E-state index contributed by atoms with van der Waals surface area (Å²) in [6.45, 7) is 8.53. The van der Waals surface area contributed by atoms with E-state index < -0.39 is 0 Å². The van der Waals surface area contributed by atoms with Crippen molar-refractivity contribution in [3.8, 4) is 0 Å². The van der Waals surface area contributed by atoms with Crippen LogP contribution in [0.15, 0.2) is 12.3 Å². The van der Waals surface area contributed by atoms with E-state index in [1.54, 1.807) is 0 Å². The molecule has 0 radical (unpaired) electrons. The Bertz CT molecular complexity index is 506. The van der Waals surface area contributed by atoms with Crippen LogP contribution in [0, 0.1) is 6.92 Å². The molecule has 80 valence electrons. The lowest BCUT2D eigenvalue weighted by Crippen LogP contribution is -2.12. The van der Waals surface area contributed by atoms with Crippen molar-refractivity contribution in [2.24, 2.45) is 0 Å². The molecule has 0 spiro atoms. The number of benzene rings is 1. The Morgan fingerprint density at radius 1 is 1.33 bits per heavy atom. The fourth-order valence-corrected chi connectivity index (χ4v) is 2.37. The van der Waals surface area contributed by atoms with Crippen LogP contribution in [-0.4, -0.2) is 10.2 Å². The van der Waals surface area contributed by atoms with E-state index in [1.165, 1.54) is 5.56 Å². The molecular weight excluding hydrogens is 208 g/mol. The zero-order chi connectivity index (χ0) is 11.2. The van der Waals surface area contributed by atoms with Crippen molar-refractivity contribution >= 4 is 22.5 Å². The van der Waals surface area contributed by atoms with Crippen molar-refractivity contribution in [2.45, 2.75) is 33.1 Å². The third-order valence-corrected chi connectivity index (χ3v) is 3.10. The van der Waals surface area contributed by atoms with Crippen LogP contribution >= 0.6 is 11.6 Å². The lowest BCUT2D eigenvalue weighted by molar-refractivity contribution is 0.595. The fraction of sp³-hybridized carbons (Fsp3) is 0.417. The molecule has 0 fully saturated rings. The van der Waals surface area contributed by atoms with Crippen molar-refractivity contribution in [3.05, 3.63) is 28.4 Å². The maximum absolute atomic E-state index is 6.37. The predicted octanol–water partition coefficient (Wildman–Crippen LogP) is 3.82. The smallest absolute Gasteiger partial charge is 0.0656 e. The minimum absolute atomic E-state index is 0.0330. The number of aryl methyl sites for hydroxylation is 1. The molecular formula is C12H15ClN2. The van der Waals surface area contributed by atoms with Gasteiger partial charge in [0.1, 0.15) is 0 Å². The minimum Gasteiger partial charge on any atom is -0.278 e. The van der Waals surface area contributed by atoms with Crippen LogP contribution in [0.1, 0.15) is 31.9 Å². The summed E-state index contributed by atoms with van der Waals surface area (Å²) < 4.78 is 0. The van der Waals surface area contributed by atoms with Gasteiger partial charge in [0.2, 0.25) is 0 Å². The molecule has 1 aromatic heterocycles. The second-order valence-electron chi connectivity index (χ2n) is 4.96. The number of aromatic amines is 1. The van der Waals surface area contributed by atoms with E-state index in [4.69, 9.17) is 11.6 Å². The Kier molecular flexibility index (Phi) is 2.27. The van der Waals surface area contributed by atoms with Crippen LogP contribution in [0.2, 0.25) is 5.02 Å². The van der Waals surface area contributed by atoms with Crippen molar-refractivity contribution in [2.75, 3.05) is 0 Å². The highest BCUT2D eigenvalue weighted by Crippen LogP contribution is 2.37. The summed E-state index contributed by atoms with van der Waals surface area (Å²) >= 11 is 6.37. The van der Waals surface area contributed by atoms with E-state index in [0.29, 0.717) is 0 Å². The summed E-state index contributed by atoms with van der Waals surface area (Å²) in [6, 6.07) is 2.04. The summed E-state index contributed by atoms with van der Waals surface area (Å²) in [5.41, 5.74) is 3.36. The standard InChI is InChI=1S/C12H15ClN2/c1-7-5-9-8(6-14-15-9)10(11(7)13)12(2,3)4/h5-6H,1-4H3,(H,14,15). The number of aromatic nitrogens is 2. The average molecular weight is 223 g/mol. The first-order valence-corrected chi connectivity index (χ1v) is 5.41. The highest BCUT2D eigenvalue weighted by molar-refractivity contribution is 6.33. The molecule has 0 amide bonds. The first-order chi connectivity index (χ1) is 6.91. The van der Waals surface area contributed by atoms with Crippen LogP contribution in [0.4, 0.5) is 0 Å². The van der Waals surface area contributed by atoms with Gasteiger partial charge in [0.15, 0.2) is 0 Å². The number of fused-ring (bicyclic) bond motifs is 1. The molecule has 0 aliphatic heterocycles. The Balaban J connectivity index is 2.90. The summed E-state index contributed by atoms with van der Waals surface area (Å²) in [7, 11) is 0. The second-order valence-corrected chi connectivity index (χ2v) is 5.34. The molecule has 0 unspecified atom stereocenters. The summed E-state index contributed by atoms with van der Waals surface area (Å²) in [6.07, 6.45) is 1.85. The highest BCUT2D eigenvalue weighted by atomic mass is 35.5. The van der Waals surface area contributed by atoms with Crippen LogP contribution in [0.3, 0.4) is 0 Å². The van der Waals surface area contributed by atoms with Gasteiger partial charge < -0.3 is 0 Å². The van der Waals surface area contributed by atoms with Gasteiger partial charge in [0.05, 0.1) is 11.7 Å². The predicted molar refractivity (Wildman–Crippen MR) is 64.5 cm³/mol. The van der Waals surface area contributed by atoms with Crippen molar-refractivity contribution in [3.63, 3.8) is 0 Å². The van der Waals surface area contributed by atoms with E-state index in [2.05, 4.69) is 31.0 Å². The Morgan fingerprint density at radius 3 is 2.60 bits per heavy atom. The summed E-state index contributed by atoms with van der Waals surface area (Å²) in [5.74, 6) is 0. The third-order valence-electron chi connectivity index (χ3n) is 2.61. The van der Waals surface area contributed by atoms with Crippen molar-refractivity contribution in [1.29, 1.82) is 0 Å². The van der Waals surface area contributed by atoms with Gasteiger partial charge in [-0.15, -0.1) is 0 Å². The zero-order valence-corrected chi connectivity index (χ0v) is 10.2. The molecule has 1 aromatic carbocycles. The Hall–Kier alpha value is -1.02. The van der Waals surface area contributed by atoms with E-state index in [9.17, 15) is 0 Å². The molecule has 0 saturated carbocycles. The SMILES string of the molecule is Cc1cc2[nH]ncc2c(C(C)(C)C)c1Cl. The molecule has 2 rings (SSSR count). The van der Waals surface area contributed by atoms with Gasteiger partial charge in [-0.3, -0.25) is 5.10 Å². The Morgan fingerprint density at radius 2 is 2.00 bits per heavy atom. The number of hydrogen-bond donors (Lipinski definition) is 1. The highest BCUT2D eigenvalue weighted by Gasteiger charge is 2.22. The summed E-state index contributed by atoms with van der Waals surface area (Å²) in [5, 5.41) is 9.05. The first kappa shape index (κ1) is 10.5. The normalized spacial score (nSPS) is 12.3. The van der Waals surface area contributed by atoms with Gasteiger partial charge in [-0.25, -0.2) is 0 Å². The zero-order valence-electron chi connectivity index (χ0n) is 9.48. The van der Waals surface area contributed by atoms with Gasteiger partial charge in [-0.05, 0) is 29.5 Å². The molecule has 0 aliphatic carbocycles. The monoisotopic (exact) mass is 222 g/mol. The molecule has 15 heavy (non-hydrogen) atoms. The van der Waals surface area contributed by atoms with Gasteiger partial charge >= 0.3 is 0 Å². The number of nitrogens with zero attached hydrogens (tertiary/aromatic N) is 1. The molecule has 3 heteroatoms. The van der Waals surface area contributed by atoms with Crippen LogP contribution in [0.25, 0.3) is 10.9 Å². The van der Waals surface area contributed by atoms with E-state index in [0.717, 1.165) is 21.5 Å². The maximum Gasteiger partial charge on any atom is 0.0656 e. The second kappa shape index (κ2) is 3.24. The van der Waals surface area contributed by atoms with Crippen LogP contribution in [-0.2, 0) is 5.41 Å². The van der Waals surface area contributed by atoms with Crippen LogP contribution in [0.5, 0.6) is 0 Å². The number of nitrogens with one attached hydrogen (secondary N) is 1. The van der Waals surface area contributed by atoms with E-state index in [1.807, 2.05) is 19.2 Å². The topological polar surface area (TPSA) is 28.7 Å². The van der Waals surface area contributed by atoms with E-state index >= 15 is 0 Å². The largest absolute Gasteiger partial charge is 0.278 e. The number of H-pyrrole nitrogens is 1. The molecule has 2 nitrogen and oxygen atoms in total. The molecule has 1 heterocycles. The fourth-order valence-electron chi connectivity index (χ4n) is 1.93. The average Bonchev–Trinajstić information content (AvgIpc) is 2.50. The lowest BCUT2D eigenvalue weighted by atomic mass is 9.84. The van der Waals surface area contributed by atoms with E-state index in [-0.39, 0.29) is 5.41 Å². The molecule has 1 N–H and O–H groups in total. The first-order valence-electron chi connectivity index (χ1n) is 5.04. The number of rotatable bonds is 0. The Labute approximate surface area is 94.6 Å². The summed E-state index contributed by atoms with van der Waals surface area (Å²) in [4.78, 5) is 0. The quantitative estimate of drug-likeness (QED) is 0.721. The van der Waals surface area contributed by atoms with Crippen LogP contribution < -0.4 is 0 Å². The molecule has 0 atom stereocenters. The minimum atomic E-state index is 0.0330. The van der Waals surface area contributed by atoms with Gasteiger partial charge in [-0.1, -0.05) is 32.4 Å².